The summed E-state index contributed by atoms with van der Waals surface area (Å²) in [6.07, 6.45) is 1.41. The Kier molecular flexibility index (Phi) is 6.41. The van der Waals surface area contributed by atoms with Gasteiger partial charge in [-0.1, -0.05) is 30.3 Å². The summed E-state index contributed by atoms with van der Waals surface area (Å²) in [5.74, 6) is -0.982. The van der Waals surface area contributed by atoms with Gasteiger partial charge in [0.15, 0.2) is 0 Å². The van der Waals surface area contributed by atoms with Crippen LogP contribution in [0.1, 0.15) is 22.3 Å². The number of urea groups is 1. The van der Waals surface area contributed by atoms with E-state index in [0.717, 1.165) is 16.0 Å². The normalized spacial score (nSPS) is 14.7. The van der Waals surface area contributed by atoms with Crippen molar-refractivity contribution in [3.8, 4) is 5.75 Å². The number of carbonyl (C=O) groups is 3. The summed E-state index contributed by atoms with van der Waals surface area (Å²) in [5.41, 5.74) is 3.31. The molecule has 9 nitrogen and oxygen atoms in total. The van der Waals surface area contributed by atoms with E-state index in [1.54, 1.807) is 54.6 Å². The van der Waals surface area contributed by atoms with Crippen molar-refractivity contribution in [3.05, 3.63) is 105 Å². The minimum Gasteiger partial charge on any atom is -0.489 e. The number of hydrogen-bond acceptors (Lipinski definition) is 6. The number of non-ortho nitro benzene ring substituents is 1. The molecule has 1 saturated heterocycles. The third-order valence-corrected chi connectivity index (χ3v) is 5.57. The molecular weight excluding hydrogens is 450 g/mol. The van der Waals surface area contributed by atoms with Gasteiger partial charge in [0.2, 0.25) is 0 Å². The number of aryl methyl sites for hydroxylation is 2. The van der Waals surface area contributed by atoms with Crippen LogP contribution in [0.2, 0.25) is 0 Å². The van der Waals surface area contributed by atoms with Gasteiger partial charge in [-0.3, -0.25) is 25.0 Å². The van der Waals surface area contributed by atoms with E-state index >= 15 is 0 Å². The molecule has 0 saturated carbocycles. The van der Waals surface area contributed by atoms with Gasteiger partial charge in [0.1, 0.15) is 17.9 Å². The zero-order chi connectivity index (χ0) is 25.1. The molecule has 0 aromatic heterocycles. The summed E-state index contributed by atoms with van der Waals surface area (Å²) in [6, 6.07) is 17.2. The minimum absolute atomic E-state index is 0.0168. The van der Waals surface area contributed by atoms with Crippen molar-refractivity contribution in [2.24, 2.45) is 0 Å². The number of amides is 4. The zero-order valence-corrected chi connectivity index (χ0v) is 19.0. The van der Waals surface area contributed by atoms with Gasteiger partial charge in [0.25, 0.3) is 17.5 Å². The quantitative estimate of drug-likeness (QED) is 0.245. The van der Waals surface area contributed by atoms with Crippen molar-refractivity contribution >= 4 is 35.3 Å². The molecule has 1 fully saturated rings. The van der Waals surface area contributed by atoms with Gasteiger partial charge in [0, 0.05) is 12.1 Å². The lowest BCUT2D eigenvalue weighted by atomic mass is 10.1. The van der Waals surface area contributed by atoms with Gasteiger partial charge in [-0.2, -0.15) is 0 Å². The van der Waals surface area contributed by atoms with E-state index < -0.39 is 22.8 Å². The molecule has 176 valence electrons. The molecule has 0 radical (unpaired) electrons. The van der Waals surface area contributed by atoms with Gasteiger partial charge in [-0.15, -0.1) is 0 Å². The summed E-state index contributed by atoms with van der Waals surface area (Å²) in [4.78, 5) is 49.2. The number of nitro benzene ring substituents is 1. The summed E-state index contributed by atoms with van der Waals surface area (Å²) in [6.45, 7) is 3.93. The fourth-order valence-electron chi connectivity index (χ4n) is 3.51. The third kappa shape index (κ3) is 5.09. The van der Waals surface area contributed by atoms with Crippen LogP contribution in [0.4, 0.5) is 16.2 Å². The number of nitro groups is 1. The number of barbiturate groups is 1. The second-order valence-corrected chi connectivity index (χ2v) is 8.01. The van der Waals surface area contributed by atoms with E-state index in [2.05, 4.69) is 5.32 Å². The van der Waals surface area contributed by atoms with Gasteiger partial charge in [0.05, 0.1) is 10.6 Å². The number of ether oxygens (including phenoxy) is 1. The Balaban J connectivity index is 1.51. The minimum atomic E-state index is -0.801. The fraction of sp³-hybridized carbons (Fsp3) is 0.115. The number of hydrogen-bond donors (Lipinski definition) is 1. The van der Waals surface area contributed by atoms with Crippen LogP contribution in [-0.4, -0.2) is 22.8 Å². The SMILES string of the molecule is Cc1ccc(N2C(=O)NC(=O)/C(=C\c3ccc(OCc4cccc([N+](=O)[O-])c4)cc3)C2=O)cc1C. The van der Waals surface area contributed by atoms with Gasteiger partial charge < -0.3 is 4.74 Å². The van der Waals surface area contributed by atoms with Crippen LogP contribution in [0.25, 0.3) is 6.08 Å². The second kappa shape index (κ2) is 9.60. The number of rotatable bonds is 6. The smallest absolute Gasteiger partial charge is 0.335 e. The lowest BCUT2D eigenvalue weighted by Gasteiger charge is -2.26. The van der Waals surface area contributed by atoms with Crippen molar-refractivity contribution in [2.45, 2.75) is 20.5 Å². The molecule has 1 aliphatic heterocycles. The van der Waals surface area contributed by atoms with Crippen LogP contribution >= 0.6 is 0 Å². The maximum absolute atomic E-state index is 13.1. The van der Waals surface area contributed by atoms with Crippen molar-refractivity contribution in [2.75, 3.05) is 4.90 Å². The molecule has 3 aromatic rings. The highest BCUT2D eigenvalue weighted by Gasteiger charge is 2.36. The van der Waals surface area contributed by atoms with Crippen LogP contribution in [0.3, 0.4) is 0 Å². The van der Waals surface area contributed by atoms with Crippen molar-refractivity contribution < 1.29 is 24.0 Å². The number of anilines is 1. The lowest BCUT2D eigenvalue weighted by Crippen LogP contribution is -2.54. The first kappa shape index (κ1) is 23.4. The molecule has 1 N–H and O–H groups in total. The first-order valence-corrected chi connectivity index (χ1v) is 10.7. The lowest BCUT2D eigenvalue weighted by molar-refractivity contribution is -0.384. The van der Waals surface area contributed by atoms with Crippen molar-refractivity contribution in [3.63, 3.8) is 0 Å². The predicted octanol–water partition coefficient (Wildman–Crippen LogP) is 4.46. The maximum atomic E-state index is 13.1. The van der Waals surface area contributed by atoms with Crippen LogP contribution in [0.5, 0.6) is 5.75 Å². The fourth-order valence-corrected chi connectivity index (χ4v) is 3.51. The molecule has 1 heterocycles. The Hall–Kier alpha value is -4.79. The Morgan fingerprint density at radius 3 is 2.40 bits per heavy atom. The van der Waals surface area contributed by atoms with E-state index in [9.17, 15) is 24.5 Å². The average molecular weight is 471 g/mol. The Morgan fingerprint density at radius 1 is 0.971 bits per heavy atom. The van der Waals surface area contributed by atoms with Crippen LogP contribution < -0.4 is 15.0 Å². The molecule has 4 rings (SSSR count). The molecule has 4 amide bonds. The Labute approximate surface area is 200 Å². The van der Waals surface area contributed by atoms with Gasteiger partial charge >= 0.3 is 6.03 Å². The topological polar surface area (TPSA) is 119 Å². The van der Waals surface area contributed by atoms with E-state index in [-0.39, 0.29) is 17.9 Å². The molecule has 1 aliphatic rings. The number of nitrogens with one attached hydrogen (secondary N) is 1. The number of carbonyl (C=O) groups excluding carboxylic acids is 3. The molecule has 3 aromatic carbocycles. The first-order valence-electron chi connectivity index (χ1n) is 10.7. The van der Waals surface area contributed by atoms with Crippen LogP contribution in [-0.2, 0) is 16.2 Å². The Bertz CT molecular complexity index is 1380. The van der Waals surface area contributed by atoms with E-state index in [0.29, 0.717) is 22.6 Å². The average Bonchev–Trinajstić information content (AvgIpc) is 2.83. The summed E-state index contributed by atoms with van der Waals surface area (Å²) >= 11 is 0. The van der Waals surface area contributed by atoms with Crippen LogP contribution in [0, 0.1) is 24.0 Å². The number of benzene rings is 3. The van der Waals surface area contributed by atoms with E-state index in [1.165, 1.54) is 18.2 Å². The van der Waals surface area contributed by atoms with Gasteiger partial charge in [-0.05, 0) is 66.4 Å². The standard InChI is InChI=1S/C26H21N3O6/c1-16-6-9-20(12-17(16)2)28-25(31)23(24(30)27-26(28)32)14-18-7-10-22(11-8-18)35-15-19-4-3-5-21(13-19)29(33)34/h3-14H,15H2,1-2H3,(H,27,30,32)/b23-14+. The molecule has 35 heavy (non-hydrogen) atoms. The van der Waals surface area contributed by atoms with Crippen molar-refractivity contribution in [1.82, 2.24) is 5.32 Å². The summed E-state index contributed by atoms with van der Waals surface area (Å²) in [5, 5.41) is 13.1. The molecule has 0 spiro atoms. The summed E-state index contributed by atoms with van der Waals surface area (Å²) in [7, 11) is 0. The molecule has 0 unspecified atom stereocenters. The molecule has 9 heteroatoms. The van der Waals surface area contributed by atoms with Gasteiger partial charge in [-0.25, -0.2) is 9.69 Å². The second-order valence-electron chi connectivity index (χ2n) is 8.01. The monoisotopic (exact) mass is 471 g/mol. The predicted molar refractivity (Wildman–Crippen MR) is 129 cm³/mol. The first-order chi connectivity index (χ1) is 16.7. The van der Waals surface area contributed by atoms with Crippen molar-refractivity contribution in [1.29, 1.82) is 0 Å². The number of imide groups is 2. The number of nitrogens with zero attached hydrogens (tertiary/aromatic N) is 2. The highest BCUT2D eigenvalue weighted by Crippen LogP contribution is 2.25. The molecule has 0 atom stereocenters. The summed E-state index contributed by atoms with van der Waals surface area (Å²) < 4.78 is 5.68. The van der Waals surface area contributed by atoms with E-state index in [4.69, 9.17) is 4.74 Å². The third-order valence-electron chi connectivity index (χ3n) is 5.57. The highest BCUT2D eigenvalue weighted by atomic mass is 16.6. The van der Waals surface area contributed by atoms with Crippen LogP contribution in [0.15, 0.2) is 72.3 Å². The zero-order valence-electron chi connectivity index (χ0n) is 19.0. The molecular formula is C26H21N3O6. The molecule has 0 aliphatic carbocycles. The maximum Gasteiger partial charge on any atom is 0.335 e. The van der Waals surface area contributed by atoms with E-state index in [1.807, 2.05) is 13.8 Å². The largest absolute Gasteiger partial charge is 0.489 e. The Morgan fingerprint density at radius 2 is 1.71 bits per heavy atom. The molecule has 0 bridgehead atoms. The highest BCUT2D eigenvalue weighted by molar-refractivity contribution is 6.39.